The van der Waals surface area contributed by atoms with Crippen molar-refractivity contribution in [3.63, 3.8) is 0 Å². The maximum absolute atomic E-state index is 11.5. The third kappa shape index (κ3) is 3.40. The van der Waals surface area contributed by atoms with Crippen molar-refractivity contribution in [3.05, 3.63) is 0 Å². The molecule has 0 spiro atoms. The maximum Gasteiger partial charge on any atom is 0.326 e. The molecule has 0 unspecified atom stereocenters. The molecule has 1 atom stereocenters. The number of carboxylic acid groups (broad SMARTS) is 1. The van der Waals surface area contributed by atoms with Gasteiger partial charge in [0, 0.05) is 6.04 Å². The van der Waals surface area contributed by atoms with Crippen LogP contribution in [0.5, 0.6) is 0 Å². The molecule has 2 amide bonds. The van der Waals surface area contributed by atoms with E-state index >= 15 is 0 Å². The molecule has 0 bridgehead atoms. The van der Waals surface area contributed by atoms with E-state index in [0.717, 1.165) is 19.3 Å². The molecule has 0 aromatic rings. The zero-order chi connectivity index (χ0) is 12.3. The summed E-state index contributed by atoms with van der Waals surface area (Å²) in [4.78, 5) is 22.5. The molecule has 0 radical (unpaired) electrons. The maximum atomic E-state index is 11.5. The third-order valence-corrected chi connectivity index (χ3v) is 2.83. The molecule has 1 aliphatic rings. The lowest BCUT2D eigenvalue weighted by Crippen LogP contribution is -2.54. The van der Waals surface area contributed by atoms with Crippen LogP contribution in [0.4, 0.5) is 4.79 Å². The van der Waals surface area contributed by atoms with Gasteiger partial charge in [-0.25, -0.2) is 9.59 Å². The summed E-state index contributed by atoms with van der Waals surface area (Å²) in [6.45, 7) is 5.36. The summed E-state index contributed by atoms with van der Waals surface area (Å²) in [5, 5.41) is 14.3. The Kier molecular flexibility index (Phi) is 3.78. The predicted octanol–water partition coefficient (Wildman–Crippen LogP) is 1.34. The van der Waals surface area contributed by atoms with Crippen molar-refractivity contribution in [3.8, 4) is 0 Å². The van der Waals surface area contributed by atoms with Gasteiger partial charge in [-0.15, -0.1) is 0 Å². The minimum atomic E-state index is -1.00. The quantitative estimate of drug-likeness (QED) is 0.682. The first-order chi connectivity index (χ1) is 7.30. The molecule has 0 aliphatic heterocycles. The minimum absolute atomic E-state index is 0.217. The first kappa shape index (κ1) is 12.8. The fourth-order valence-electron chi connectivity index (χ4n) is 1.56. The van der Waals surface area contributed by atoms with E-state index in [2.05, 4.69) is 10.6 Å². The topological polar surface area (TPSA) is 78.4 Å². The average Bonchev–Trinajstić information content (AvgIpc) is 2.05. The largest absolute Gasteiger partial charge is 0.480 e. The molecule has 3 N–H and O–H groups in total. The molecule has 0 saturated heterocycles. The van der Waals surface area contributed by atoms with Crippen LogP contribution in [0.15, 0.2) is 0 Å². The van der Waals surface area contributed by atoms with E-state index in [1.807, 2.05) is 0 Å². The monoisotopic (exact) mass is 228 g/mol. The highest BCUT2D eigenvalue weighted by Crippen LogP contribution is 2.20. The number of carboxylic acids is 1. The summed E-state index contributed by atoms with van der Waals surface area (Å²) in [7, 11) is 0. The van der Waals surface area contributed by atoms with Gasteiger partial charge in [0.05, 0.1) is 0 Å². The fourth-order valence-corrected chi connectivity index (χ4v) is 1.56. The van der Waals surface area contributed by atoms with Crippen molar-refractivity contribution in [1.29, 1.82) is 0 Å². The van der Waals surface area contributed by atoms with Crippen molar-refractivity contribution >= 4 is 12.0 Å². The third-order valence-electron chi connectivity index (χ3n) is 2.83. The molecule has 5 nitrogen and oxygen atoms in total. The van der Waals surface area contributed by atoms with Crippen LogP contribution in [0.2, 0.25) is 0 Å². The van der Waals surface area contributed by atoms with Gasteiger partial charge in [-0.3, -0.25) is 0 Å². The Bertz CT molecular complexity index is 279. The first-order valence-electron chi connectivity index (χ1n) is 5.60. The number of urea groups is 1. The highest BCUT2D eigenvalue weighted by Gasteiger charge is 2.33. The molecule has 1 aliphatic carbocycles. The van der Waals surface area contributed by atoms with Crippen LogP contribution in [0.1, 0.15) is 40.0 Å². The first-order valence-corrected chi connectivity index (χ1v) is 5.60. The summed E-state index contributed by atoms with van der Waals surface area (Å²) in [5.41, 5.74) is -0.497. The van der Waals surface area contributed by atoms with Gasteiger partial charge in [-0.2, -0.15) is 0 Å². The van der Waals surface area contributed by atoms with Crippen LogP contribution in [0, 0.1) is 5.41 Å². The second kappa shape index (κ2) is 4.72. The molecule has 1 saturated carbocycles. The van der Waals surface area contributed by atoms with E-state index in [9.17, 15) is 9.59 Å². The number of hydrogen-bond acceptors (Lipinski definition) is 2. The number of hydrogen-bond donors (Lipinski definition) is 3. The summed E-state index contributed by atoms with van der Waals surface area (Å²) in [6.07, 6.45) is 3.11. The van der Waals surface area contributed by atoms with Crippen LogP contribution in [-0.2, 0) is 4.79 Å². The van der Waals surface area contributed by atoms with Crippen molar-refractivity contribution < 1.29 is 14.7 Å². The summed E-state index contributed by atoms with van der Waals surface area (Å²) >= 11 is 0. The minimum Gasteiger partial charge on any atom is -0.480 e. The van der Waals surface area contributed by atoms with Crippen LogP contribution in [-0.4, -0.2) is 29.2 Å². The molecule has 16 heavy (non-hydrogen) atoms. The van der Waals surface area contributed by atoms with E-state index < -0.39 is 17.4 Å². The smallest absolute Gasteiger partial charge is 0.326 e. The van der Waals surface area contributed by atoms with Gasteiger partial charge < -0.3 is 15.7 Å². The highest BCUT2D eigenvalue weighted by atomic mass is 16.4. The highest BCUT2D eigenvalue weighted by molar-refractivity contribution is 5.83. The Morgan fingerprint density at radius 3 is 2.19 bits per heavy atom. The normalized spacial score (nSPS) is 18.4. The fraction of sp³-hybridized carbons (Fsp3) is 0.818. The van der Waals surface area contributed by atoms with E-state index in [0.29, 0.717) is 0 Å². The second-order valence-electron chi connectivity index (χ2n) is 5.38. The Balaban J connectivity index is 2.47. The molecule has 1 rings (SSSR count). The molecule has 0 heterocycles. The number of nitrogens with one attached hydrogen (secondary N) is 2. The number of rotatable bonds is 3. The van der Waals surface area contributed by atoms with Crippen molar-refractivity contribution in [2.45, 2.75) is 52.1 Å². The lowest BCUT2D eigenvalue weighted by atomic mass is 9.87. The summed E-state index contributed by atoms with van der Waals surface area (Å²) in [6, 6.07) is -1.03. The van der Waals surface area contributed by atoms with Crippen LogP contribution >= 0.6 is 0 Å². The Morgan fingerprint density at radius 2 is 1.88 bits per heavy atom. The number of carbonyl (C=O) groups is 2. The van der Waals surface area contributed by atoms with Gasteiger partial charge in [0.1, 0.15) is 6.04 Å². The van der Waals surface area contributed by atoms with Gasteiger partial charge in [-0.05, 0) is 24.7 Å². The molecular formula is C11H20N2O3. The zero-order valence-electron chi connectivity index (χ0n) is 10.0. The standard InChI is InChI=1S/C11H20N2O3/c1-11(2,3)8(9(14)15)13-10(16)12-7-5-4-6-7/h7-8H,4-6H2,1-3H3,(H,14,15)(H2,12,13,16)/t8-/m1/s1. The second-order valence-corrected chi connectivity index (χ2v) is 5.38. The molecular weight excluding hydrogens is 208 g/mol. The van der Waals surface area contributed by atoms with Crippen LogP contribution in [0.25, 0.3) is 0 Å². The predicted molar refractivity (Wildman–Crippen MR) is 60.2 cm³/mol. The molecule has 0 aromatic carbocycles. The molecule has 92 valence electrons. The van der Waals surface area contributed by atoms with Gasteiger partial charge in [-0.1, -0.05) is 20.8 Å². The lowest BCUT2D eigenvalue weighted by Gasteiger charge is -2.31. The van der Waals surface area contributed by atoms with Crippen molar-refractivity contribution in [2.75, 3.05) is 0 Å². The van der Waals surface area contributed by atoms with Gasteiger partial charge in [0.25, 0.3) is 0 Å². The average molecular weight is 228 g/mol. The molecule has 1 fully saturated rings. The van der Waals surface area contributed by atoms with E-state index in [-0.39, 0.29) is 12.1 Å². The van der Waals surface area contributed by atoms with E-state index in [1.54, 1.807) is 20.8 Å². The van der Waals surface area contributed by atoms with E-state index in [1.165, 1.54) is 0 Å². The van der Waals surface area contributed by atoms with Gasteiger partial charge in [0.15, 0.2) is 0 Å². The number of amides is 2. The SMILES string of the molecule is CC(C)(C)[C@H](NC(=O)NC1CCC1)C(=O)O. The number of aliphatic carboxylic acids is 1. The van der Waals surface area contributed by atoms with E-state index in [4.69, 9.17) is 5.11 Å². The Hall–Kier alpha value is -1.26. The van der Waals surface area contributed by atoms with Crippen LogP contribution < -0.4 is 10.6 Å². The molecule has 0 aromatic heterocycles. The van der Waals surface area contributed by atoms with Crippen LogP contribution in [0.3, 0.4) is 0 Å². The summed E-state index contributed by atoms with van der Waals surface area (Å²) < 4.78 is 0. The summed E-state index contributed by atoms with van der Waals surface area (Å²) in [5.74, 6) is -1.00. The zero-order valence-corrected chi connectivity index (χ0v) is 10.0. The Morgan fingerprint density at radius 1 is 1.31 bits per heavy atom. The molecule has 5 heteroatoms. The van der Waals surface area contributed by atoms with Crippen molar-refractivity contribution in [2.24, 2.45) is 5.41 Å². The number of carbonyl (C=O) groups excluding carboxylic acids is 1. The lowest BCUT2D eigenvalue weighted by molar-refractivity contribution is -0.141. The van der Waals surface area contributed by atoms with Crippen molar-refractivity contribution in [1.82, 2.24) is 10.6 Å². The Labute approximate surface area is 95.6 Å². The van der Waals surface area contributed by atoms with Gasteiger partial charge in [0.2, 0.25) is 0 Å². The van der Waals surface area contributed by atoms with Gasteiger partial charge >= 0.3 is 12.0 Å².